The zero-order valence-electron chi connectivity index (χ0n) is 8.67. The summed E-state index contributed by atoms with van der Waals surface area (Å²) < 4.78 is 5.21. The lowest BCUT2D eigenvalue weighted by atomic mass is 10.1. The molecule has 0 aromatic rings. The minimum absolute atomic E-state index is 0.0824. The summed E-state index contributed by atoms with van der Waals surface area (Å²) in [4.78, 5) is 0. The molecule has 1 N–H and O–H groups in total. The molecule has 2 heteroatoms. The van der Waals surface area contributed by atoms with E-state index in [1.807, 2.05) is 6.92 Å². The van der Waals surface area contributed by atoms with Crippen LogP contribution >= 0.6 is 0 Å². The van der Waals surface area contributed by atoms with Crippen LogP contribution in [-0.2, 0) is 4.74 Å². The molecule has 0 aromatic carbocycles. The first-order chi connectivity index (χ1) is 6.33. The number of hydrogen-bond acceptors (Lipinski definition) is 2. The lowest BCUT2D eigenvalue weighted by Crippen LogP contribution is -2.08. The van der Waals surface area contributed by atoms with E-state index in [9.17, 15) is 5.11 Å². The molecule has 0 radical (unpaired) electrons. The van der Waals surface area contributed by atoms with Crippen LogP contribution in [0.15, 0.2) is 0 Å². The van der Waals surface area contributed by atoms with E-state index in [-0.39, 0.29) is 6.10 Å². The van der Waals surface area contributed by atoms with Gasteiger partial charge in [-0.25, -0.2) is 0 Å². The third-order valence-electron chi connectivity index (χ3n) is 2.64. The van der Waals surface area contributed by atoms with Crippen molar-refractivity contribution >= 4 is 0 Å². The maximum Gasteiger partial charge on any atom is 0.0541 e. The molecule has 0 heterocycles. The fourth-order valence-corrected chi connectivity index (χ4v) is 1.54. The zero-order valence-corrected chi connectivity index (χ0v) is 8.67. The van der Waals surface area contributed by atoms with Gasteiger partial charge in [-0.2, -0.15) is 0 Å². The van der Waals surface area contributed by atoms with E-state index in [0.29, 0.717) is 0 Å². The van der Waals surface area contributed by atoms with E-state index >= 15 is 0 Å². The molecular weight excluding hydrogens is 164 g/mol. The number of hydrogen-bond donors (Lipinski definition) is 1. The van der Waals surface area contributed by atoms with Crippen molar-refractivity contribution in [2.75, 3.05) is 13.2 Å². The van der Waals surface area contributed by atoms with Gasteiger partial charge < -0.3 is 9.84 Å². The van der Waals surface area contributed by atoms with Gasteiger partial charge in [0.2, 0.25) is 0 Å². The maximum atomic E-state index is 9.57. The van der Waals surface area contributed by atoms with E-state index in [2.05, 4.69) is 0 Å². The number of aliphatic hydroxyl groups excluding tert-OH is 1. The van der Waals surface area contributed by atoms with Crippen molar-refractivity contribution in [2.24, 2.45) is 5.92 Å². The Hall–Kier alpha value is -0.0800. The van der Waals surface area contributed by atoms with Crippen LogP contribution in [0.25, 0.3) is 0 Å². The second kappa shape index (κ2) is 6.39. The van der Waals surface area contributed by atoms with Gasteiger partial charge in [0.1, 0.15) is 0 Å². The van der Waals surface area contributed by atoms with E-state index in [0.717, 1.165) is 38.4 Å². The molecule has 0 aliphatic heterocycles. The molecule has 13 heavy (non-hydrogen) atoms. The number of aliphatic hydroxyl groups is 1. The second-order valence-corrected chi connectivity index (χ2v) is 4.01. The van der Waals surface area contributed by atoms with Gasteiger partial charge in [0, 0.05) is 13.2 Å². The molecule has 0 aromatic heterocycles. The van der Waals surface area contributed by atoms with Crippen LogP contribution < -0.4 is 0 Å². The van der Waals surface area contributed by atoms with Crippen LogP contribution in [-0.4, -0.2) is 24.4 Å². The summed E-state index contributed by atoms with van der Waals surface area (Å²) in [6.07, 6.45) is 6.84. The lowest BCUT2D eigenvalue weighted by Gasteiger charge is -2.09. The SMILES string of the molecule is CCOCCCC(O)CCC1CC1. The van der Waals surface area contributed by atoms with Crippen molar-refractivity contribution < 1.29 is 9.84 Å². The molecule has 1 atom stereocenters. The molecule has 1 aliphatic carbocycles. The number of rotatable bonds is 8. The molecule has 0 saturated heterocycles. The molecule has 1 rings (SSSR count). The minimum Gasteiger partial charge on any atom is -0.393 e. The Morgan fingerprint density at radius 2 is 2.15 bits per heavy atom. The van der Waals surface area contributed by atoms with Crippen molar-refractivity contribution in [1.82, 2.24) is 0 Å². The summed E-state index contributed by atoms with van der Waals surface area (Å²) in [7, 11) is 0. The predicted octanol–water partition coefficient (Wildman–Crippen LogP) is 2.35. The first-order valence-corrected chi connectivity index (χ1v) is 5.58. The first-order valence-electron chi connectivity index (χ1n) is 5.58. The van der Waals surface area contributed by atoms with Gasteiger partial charge in [0.15, 0.2) is 0 Å². The summed E-state index contributed by atoms with van der Waals surface area (Å²) >= 11 is 0. The Bertz CT molecular complexity index is 121. The predicted molar refractivity (Wildman–Crippen MR) is 53.7 cm³/mol. The van der Waals surface area contributed by atoms with E-state index < -0.39 is 0 Å². The molecule has 1 unspecified atom stereocenters. The minimum atomic E-state index is -0.0824. The summed E-state index contributed by atoms with van der Waals surface area (Å²) in [6.45, 7) is 3.60. The van der Waals surface area contributed by atoms with Crippen LogP contribution in [0.1, 0.15) is 45.4 Å². The number of ether oxygens (including phenoxy) is 1. The van der Waals surface area contributed by atoms with Crippen LogP contribution in [0.3, 0.4) is 0 Å². The highest BCUT2D eigenvalue weighted by molar-refractivity contribution is 4.74. The van der Waals surface area contributed by atoms with Crippen LogP contribution in [0.2, 0.25) is 0 Å². The van der Waals surface area contributed by atoms with E-state index in [1.165, 1.54) is 19.3 Å². The normalized spacial score (nSPS) is 18.9. The molecule has 1 saturated carbocycles. The fourth-order valence-electron chi connectivity index (χ4n) is 1.54. The topological polar surface area (TPSA) is 29.5 Å². The average molecular weight is 186 g/mol. The van der Waals surface area contributed by atoms with Gasteiger partial charge in [0.25, 0.3) is 0 Å². The largest absolute Gasteiger partial charge is 0.393 e. The third kappa shape index (κ3) is 6.05. The van der Waals surface area contributed by atoms with Gasteiger partial charge in [-0.1, -0.05) is 12.8 Å². The quantitative estimate of drug-likeness (QED) is 0.590. The lowest BCUT2D eigenvalue weighted by molar-refractivity contribution is 0.108. The summed E-state index contributed by atoms with van der Waals surface area (Å²) in [5.74, 6) is 0.946. The Kier molecular flexibility index (Phi) is 5.40. The van der Waals surface area contributed by atoms with Crippen molar-refractivity contribution in [3.63, 3.8) is 0 Å². The van der Waals surface area contributed by atoms with Gasteiger partial charge in [0.05, 0.1) is 6.10 Å². The molecule has 1 fully saturated rings. The second-order valence-electron chi connectivity index (χ2n) is 4.01. The molecular formula is C11H22O2. The maximum absolute atomic E-state index is 9.57. The fraction of sp³-hybridized carbons (Fsp3) is 1.00. The molecule has 0 bridgehead atoms. The zero-order chi connectivity index (χ0) is 9.52. The van der Waals surface area contributed by atoms with Crippen LogP contribution in [0, 0.1) is 5.92 Å². The molecule has 0 spiro atoms. The van der Waals surface area contributed by atoms with Crippen molar-refractivity contribution in [3.05, 3.63) is 0 Å². The van der Waals surface area contributed by atoms with E-state index in [4.69, 9.17) is 4.74 Å². The molecule has 1 aliphatic rings. The highest BCUT2D eigenvalue weighted by Crippen LogP contribution is 2.34. The van der Waals surface area contributed by atoms with Gasteiger partial charge in [-0.05, 0) is 38.5 Å². The Morgan fingerprint density at radius 3 is 2.77 bits per heavy atom. The average Bonchev–Trinajstić information content (AvgIpc) is 2.92. The van der Waals surface area contributed by atoms with Crippen molar-refractivity contribution in [3.8, 4) is 0 Å². The van der Waals surface area contributed by atoms with Gasteiger partial charge >= 0.3 is 0 Å². The summed E-state index contributed by atoms with van der Waals surface area (Å²) in [5, 5.41) is 9.57. The third-order valence-corrected chi connectivity index (χ3v) is 2.64. The smallest absolute Gasteiger partial charge is 0.0541 e. The van der Waals surface area contributed by atoms with E-state index in [1.54, 1.807) is 0 Å². The molecule has 0 amide bonds. The Labute approximate surface area is 81.3 Å². The van der Waals surface area contributed by atoms with Crippen molar-refractivity contribution in [1.29, 1.82) is 0 Å². The van der Waals surface area contributed by atoms with Crippen molar-refractivity contribution in [2.45, 2.75) is 51.6 Å². The Balaban J connectivity index is 1.81. The monoisotopic (exact) mass is 186 g/mol. The standard InChI is InChI=1S/C11H22O2/c1-2-13-9-3-4-11(12)8-7-10-5-6-10/h10-12H,2-9H2,1H3. The van der Waals surface area contributed by atoms with Crippen LogP contribution in [0.5, 0.6) is 0 Å². The van der Waals surface area contributed by atoms with Gasteiger partial charge in [-0.15, -0.1) is 0 Å². The molecule has 78 valence electrons. The van der Waals surface area contributed by atoms with Crippen LogP contribution in [0.4, 0.5) is 0 Å². The highest BCUT2D eigenvalue weighted by atomic mass is 16.5. The van der Waals surface area contributed by atoms with Gasteiger partial charge in [-0.3, -0.25) is 0 Å². The first kappa shape index (κ1) is 11.0. The molecule has 2 nitrogen and oxygen atoms in total. The summed E-state index contributed by atoms with van der Waals surface area (Å²) in [6, 6.07) is 0. The summed E-state index contributed by atoms with van der Waals surface area (Å²) in [5.41, 5.74) is 0. The highest BCUT2D eigenvalue weighted by Gasteiger charge is 2.21. The Morgan fingerprint density at radius 1 is 1.38 bits per heavy atom.